The smallest absolute Gasteiger partial charge is 0.424 e. The highest BCUT2D eigenvalue weighted by molar-refractivity contribution is 5.70. The molecule has 1 saturated heterocycles. The van der Waals surface area contributed by atoms with Gasteiger partial charge in [0.25, 0.3) is 0 Å². The number of nitrogens with zero attached hydrogens (tertiary/aromatic N) is 2. The first-order valence-electron chi connectivity index (χ1n) is 16.2. The Morgan fingerprint density at radius 2 is 1.52 bits per heavy atom. The van der Waals surface area contributed by atoms with E-state index < -0.39 is 11.5 Å². The molecule has 1 amide bonds. The number of carbonyl (C=O) groups is 2. The Kier molecular flexibility index (Phi) is 12.0. The number of piperidine rings is 1. The molecule has 0 unspecified atom stereocenters. The fraction of sp³-hybridized carbons (Fsp3) is 0.333. The van der Waals surface area contributed by atoms with E-state index in [0.717, 1.165) is 49.2 Å². The fourth-order valence-electron chi connectivity index (χ4n) is 6.58. The van der Waals surface area contributed by atoms with E-state index in [-0.39, 0.29) is 13.2 Å². The molecule has 5 rings (SSSR count). The third kappa shape index (κ3) is 8.62. The molecule has 46 heavy (non-hydrogen) atoms. The SMILES string of the molecule is COc1cccc(COC(=O)N(CC=O)NCC(CCCN2CCC(c3ccccc3)CC2)(c2ccccc2)c2ccccc2)c1. The minimum atomic E-state index is -0.605. The molecule has 0 aliphatic carbocycles. The first kappa shape index (κ1) is 32.9. The maximum Gasteiger partial charge on any atom is 0.424 e. The molecule has 1 heterocycles. The van der Waals surface area contributed by atoms with Crippen molar-refractivity contribution < 1.29 is 19.1 Å². The number of aldehydes is 1. The summed E-state index contributed by atoms with van der Waals surface area (Å²) >= 11 is 0. The average Bonchev–Trinajstić information content (AvgIpc) is 3.13. The van der Waals surface area contributed by atoms with Crippen LogP contribution in [-0.4, -0.2) is 62.1 Å². The van der Waals surface area contributed by atoms with Crippen molar-refractivity contribution >= 4 is 12.4 Å². The van der Waals surface area contributed by atoms with Gasteiger partial charge in [0.05, 0.1) is 13.7 Å². The summed E-state index contributed by atoms with van der Waals surface area (Å²) in [7, 11) is 1.60. The zero-order valence-electron chi connectivity index (χ0n) is 26.7. The Labute approximate surface area is 273 Å². The second kappa shape index (κ2) is 16.7. The summed E-state index contributed by atoms with van der Waals surface area (Å²) in [6.45, 7) is 3.54. The fourth-order valence-corrected chi connectivity index (χ4v) is 6.58. The number of methoxy groups -OCH3 is 1. The normalized spacial score (nSPS) is 14.0. The summed E-state index contributed by atoms with van der Waals surface area (Å²) in [6.07, 6.45) is 4.30. The second-order valence-electron chi connectivity index (χ2n) is 12.0. The molecule has 0 spiro atoms. The van der Waals surface area contributed by atoms with E-state index in [9.17, 15) is 9.59 Å². The van der Waals surface area contributed by atoms with Crippen molar-refractivity contribution in [3.63, 3.8) is 0 Å². The Balaban J connectivity index is 1.29. The minimum absolute atomic E-state index is 0.0660. The Morgan fingerprint density at radius 3 is 2.13 bits per heavy atom. The van der Waals surface area contributed by atoms with Crippen molar-refractivity contribution in [2.24, 2.45) is 0 Å². The van der Waals surface area contributed by atoms with E-state index in [0.29, 0.717) is 24.5 Å². The Hall–Kier alpha value is -4.46. The van der Waals surface area contributed by atoms with Crippen LogP contribution in [0.2, 0.25) is 0 Å². The number of hydrazine groups is 1. The molecule has 7 nitrogen and oxygen atoms in total. The van der Waals surface area contributed by atoms with Crippen LogP contribution in [0.3, 0.4) is 0 Å². The molecule has 0 atom stereocenters. The van der Waals surface area contributed by atoms with Gasteiger partial charge < -0.3 is 19.2 Å². The highest BCUT2D eigenvalue weighted by Crippen LogP contribution is 2.37. The maximum atomic E-state index is 13.2. The summed E-state index contributed by atoms with van der Waals surface area (Å²) in [5, 5.41) is 1.28. The Morgan fingerprint density at radius 1 is 0.891 bits per heavy atom. The lowest BCUT2D eigenvalue weighted by Crippen LogP contribution is -2.51. The number of amides is 1. The lowest BCUT2D eigenvalue weighted by Gasteiger charge is -2.38. The lowest BCUT2D eigenvalue weighted by atomic mass is 9.71. The molecular weight excluding hydrogens is 574 g/mol. The van der Waals surface area contributed by atoms with Gasteiger partial charge in [-0.05, 0) is 85.6 Å². The molecule has 4 aromatic rings. The number of benzene rings is 4. The van der Waals surface area contributed by atoms with Crippen molar-refractivity contribution in [1.82, 2.24) is 15.3 Å². The standard InChI is InChI=1S/C39H45N3O4/c1-45-37-20-11-13-32(29-37)30-46-38(44)42(27-28-43)40-31-39(35-16-7-3-8-17-35,36-18-9-4-10-19-36)23-12-24-41-25-21-34(22-26-41)33-14-5-2-6-15-33/h2-11,13-20,28-29,34,40H,12,21-27,30-31H2,1H3. The number of carbonyl (C=O) groups excluding carboxylic acids is 2. The third-order valence-corrected chi connectivity index (χ3v) is 9.13. The maximum absolute atomic E-state index is 13.2. The number of ether oxygens (including phenoxy) is 2. The van der Waals surface area contributed by atoms with Gasteiger partial charge in [-0.2, -0.15) is 0 Å². The molecule has 7 heteroatoms. The molecule has 1 fully saturated rings. The first-order valence-corrected chi connectivity index (χ1v) is 16.2. The summed E-state index contributed by atoms with van der Waals surface area (Å²) in [5.74, 6) is 1.31. The van der Waals surface area contributed by atoms with E-state index in [2.05, 4.69) is 89.2 Å². The van der Waals surface area contributed by atoms with Gasteiger partial charge in [0.15, 0.2) is 0 Å². The van der Waals surface area contributed by atoms with Gasteiger partial charge in [-0.1, -0.05) is 103 Å². The van der Waals surface area contributed by atoms with Crippen LogP contribution in [0, 0.1) is 0 Å². The van der Waals surface area contributed by atoms with E-state index in [4.69, 9.17) is 9.47 Å². The summed E-state index contributed by atoms with van der Waals surface area (Å²) in [6, 6.07) is 39.2. The molecule has 1 N–H and O–H groups in total. The van der Waals surface area contributed by atoms with Gasteiger partial charge in [0, 0.05) is 12.0 Å². The van der Waals surface area contributed by atoms with Crippen LogP contribution in [0.25, 0.3) is 0 Å². The number of hydrogen-bond donors (Lipinski definition) is 1. The van der Waals surface area contributed by atoms with Gasteiger partial charge in [-0.25, -0.2) is 15.2 Å². The minimum Gasteiger partial charge on any atom is -0.497 e. The van der Waals surface area contributed by atoms with Crippen molar-refractivity contribution in [3.8, 4) is 5.75 Å². The van der Waals surface area contributed by atoms with Crippen LogP contribution in [0.4, 0.5) is 4.79 Å². The van der Waals surface area contributed by atoms with Crippen LogP contribution in [0.5, 0.6) is 5.75 Å². The van der Waals surface area contributed by atoms with E-state index in [1.54, 1.807) is 7.11 Å². The van der Waals surface area contributed by atoms with E-state index in [1.807, 2.05) is 36.4 Å². The average molecular weight is 620 g/mol. The zero-order valence-corrected chi connectivity index (χ0v) is 26.7. The van der Waals surface area contributed by atoms with Crippen molar-refractivity contribution in [3.05, 3.63) is 138 Å². The van der Waals surface area contributed by atoms with Crippen LogP contribution in [0.15, 0.2) is 115 Å². The largest absolute Gasteiger partial charge is 0.497 e. The molecule has 240 valence electrons. The highest BCUT2D eigenvalue weighted by atomic mass is 16.6. The molecule has 1 aliphatic rings. The predicted octanol–water partition coefficient (Wildman–Crippen LogP) is 6.98. The molecule has 4 aromatic carbocycles. The molecule has 1 aliphatic heterocycles. The number of rotatable bonds is 15. The van der Waals surface area contributed by atoms with Crippen LogP contribution < -0.4 is 10.2 Å². The van der Waals surface area contributed by atoms with Gasteiger partial charge >= 0.3 is 6.09 Å². The van der Waals surface area contributed by atoms with Crippen LogP contribution in [-0.2, 0) is 21.6 Å². The lowest BCUT2D eigenvalue weighted by molar-refractivity contribution is -0.109. The molecular formula is C39H45N3O4. The van der Waals surface area contributed by atoms with Crippen LogP contribution in [0.1, 0.15) is 53.9 Å². The monoisotopic (exact) mass is 619 g/mol. The van der Waals surface area contributed by atoms with Gasteiger partial charge in [0.2, 0.25) is 0 Å². The van der Waals surface area contributed by atoms with E-state index in [1.165, 1.54) is 23.4 Å². The third-order valence-electron chi connectivity index (χ3n) is 9.13. The first-order chi connectivity index (χ1) is 22.6. The predicted molar refractivity (Wildman–Crippen MR) is 182 cm³/mol. The van der Waals surface area contributed by atoms with Crippen LogP contribution >= 0.6 is 0 Å². The molecule has 0 bridgehead atoms. The molecule has 0 aromatic heterocycles. The Bertz CT molecular complexity index is 1450. The topological polar surface area (TPSA) is 71.1 Å². The number of likely N-dealkylation sites (tertiary alicyclic amines) is 1. The quantitative estimate of drug-likeness (QED) is 0.114. The van der Waals surface area contributed by atoms with Crippen molar-refractivity contribution in [2.45, 2.75) is 43.6 Å². The molecule has 0 saturated carbocycles. The van der Waals surface area contributed by atoms with Crippen molar-refractivity contribution in [2.75, 3.05) is 39.8 Å². The van der Waals surface area contributed by atoms with Crippen molar-refractivity contribution in [1.29, 1.82) is 0 Å². The van der Waals surface area contributed by atoms with Gasteiger partial charge in [0.1, 0.15) is 18.6 Å². The number of hydrogen-bond acceptors (Lipinski definition) is 6. The highest BCUT2D eigenvalue weighted by Gasteiger charge is 2.35. The zero-order chi connectivity index (χ0) is 32.0. The summed E-state index contributed by atoms with van der Waals surface area (Å²) in [4.78, 5) is 27.5. The second-order valence-corrected chi connectivity index (χ2v) is 12.0. The summed E-state index contributed by atoms with van der Waals surface area (Å²) < 4.78 is 10.9. The number of nitrogens with one attached hydrogen (secondary N) is 1. The van der Waals surface area contributed by atoms with Gasteiger partial charge in [-0.3, -0.25) is 0 Å². The van der Waals surface area contributed by atoms with Gasteiger partial charge in [-0.15, -0.1) is 0 Å². The summed E-state index contributed by atoms with van der Waals surface area (Å²) in [5.41, 5.74) is 7.44. The molecule has 0 radical (unpaired) electrons. The van der Waals surface area contributed by atoms with E-state index >= 15 is 0 Å².